The molecule has 0 atom stereocenters. The number of aromatic nitrogens is 1. The number of aliphatic hydroxyl groups is 1. The molecule has 0 saturated carbocycles. The van der Waals surface area contributed by atoms with Crippen LogP contribution in [0.4, 0.5) is 4.39 Å². The van der Waals surface area contributed by atoms with E-state index in [1.807, 2.05) is 0 Å². The van der Waals surface area contributed by atoms with Gasteiger partial charge in [0.05, 0.1) is 6.61 Å². The van der Waals surface area contributed by atoms with E-state index < -0.39 is 5.95 Å². The second kappa shape index (κ2) is 5.97. The smallest absolute Gasteiger partial charge is 0.254 e. The van der Waals surface area contributed by atoms with Crippen LogP contribution in [0, 0.1) is 5.95 Å². The Kier molecular flexibility index (Phi) is 4.60. The minimum Gasteiger partial charge on any atom is -0.395 e. The lowest BCUT2D eigenvalue weighted by Crippen LogP contribution is -2.33. The molecule has 0 aliphatic rings. The summed E-state index contributed by atoms with van der Waals surface area (Å²) in [5.74, 6) is -1.05. The van der Waals surface area contributed by atoms with Crippen molar-refractivity contribution in [2.45, 2.75) is 0 Å². The minimum absolute atomic E-state index is 0.146. The number of carbonyl (C=O) groups is 1. The number of halogens is 1. The van der Waals surface area contributed by atoms with Gasteiger partial charge >= 0.3 is 0 Å². The molecule has 5 heteroatoms. The van der Waals surface area contributed by atoms with E-state index in [4.69, 9.17) is 5.11 Å². The van der Waals surface area contributed by atoms with Gasteiger partial charge in [-0.25, -0.2) is 4.98 Å². The van der Waals surface area contributed by atoms with Crippen molar-refractivity contribution in [3.8, 4) is 0 Å². The van der Waals surface area contributed by atoms with Crippen LogP contribution in [0.15, 0.2) is 31.0 Å². The zero-order valence-electron chi connectivity index (χ0n) is 8.77. The van der Waals surface area contributed by atoms with E-state index >= 15 is 0 Å². The summed E-state index contributed by atoms with van der Waals surface area (Å²) in [5.41, 5.74) is 0.211. The summed E-state index contributed by atoms with van der Waals surface area (Å²) < 4.78 is 12.8. The predicted molar refractivity (Wildman–Crippen MR) is 57.4 cm³/mol. The Morgan fingerprint density at radius 2 is 2.44 bits per heavy atom. The van der Waals surface area contributed by atoms with E-state index in [9.17, 15) is 9.18 Å². The number of carbonyl (C=O) groups excluding carboxylic acids is 1. The highest BCUT2D eigenvalue weighted by molar-refractivity contribution is 5.94. The van der Waals surface area contributed by atoms with E-state index in [-0.39, 0.29) is 24.6 Å². The third-order valence-electron chi connectivity index (χ3n) is 1.98. The lowest BCUT2D eigenvalue weighted by atomic mass is 10.2. The summed E-state index contributed by atoms with van der Waals surface area (Å²) in [4.78, 5) is 16.6. The summed E-state index contributed by atoms with van der Waals surface area (Å²) >= 11 is 0. The van der Waals surface area contributed by atoms with Gasteiger partial charge in [0, 0.05) is 30.9 Å². The number of rotatable bonds is 5. The van der Waals surface area contributed by atoms with Gasteiger partial charge in [0.25, 0.3) is 5.91 Å². The molecule has 1 amide bonds. The van der Waals surface area contributed by atoms with Gasteiger partial charge in [0.1, 0.15) is 0 Å². The maximum atomic E-state index is 12.8. The van der Waals surface area contributed by atoms with Crippen molar-refractivity contribution in [3.05, 3.63) is 42.5 Å². The number of pyridine rings is 1. The molecule has 0 aliphatic carbocycles. The Balaban J connectivity index is 2.85. The van der Waals surface area contributed by atoms with Crippen molar-refractivity contribution >= 4 is 5.91 Å². The minimum atomic E-state index is -0.701. The van der Waals surface area contributed by atoms with E-state index in [0.717, 1.165) is 6.07 Å². The van der Waals surface area contributed by atoms with Gasteiger partial charge in [0.15, 0.2) is 0 Å². The van der Waals surface area contributed by atoms with Gasteiger partial charge in [-0.1, -0.05) is 6.08 Å². The van der Waals surface area contributed by atoms with Crippen molar-refractivity contribution in [3.63, 3.8) is 0 Å². The Labute approximate surface area is 93.0 Å². The number of aliphatic hydroxyl groups excluding tert-OH is 1. The summed E-state index contributed by atoms with van der Waals surface area (Å²) in [7, 11) is 0. The number of hydrogen-bond donors (Lipinski definition) is 1. The van der Waals surface area contributed by atoms with Gasteiger partial charge in [-0.05, 0) is 6.07 Å². The molecule has 86 valence electrons. The second-order valence-electron chi connectivity index (χ2n) is 3.13. The molecule has 0 aliphatic heterocycles. The Hall–Kier alpha value is -1.75. The molecule has 1 aromatic heterocycles. The van der Waals surface area contributed by atoms with Crippen molar-refractivity contribution in [1.82, 2.24) is 9.88 Å². The SMILES string of the molecule is C=CCN(CCO)C(=O)c1ccnc(F)c1. The fourth-order valence-electron chi connectivity index (χ4n) is 1.27. The lowest BCUT2D eigenvalue weighted by molar-refractivity contribution is 0.0742. The zero-order chi connectivity index (χ0) is 12.0. The van der Waals surface area contributed by atoms with Crippen LogP contribution in [0.5, 0.6) is 0 Å². The molecule has 0 spiro atoms. The molecular weight excluding hydrogens is 211 g/mol. The fraction of sp³-hybridized carbons (Fsp3) is 0.273. The summed E-state index contributed by atoms with van der Waals surface area (Å²) in [6.45, 7) is 3.87. The van der Waals surface area contributed by atoms with Gasteiger partial charge in [-0.15, -0.1) is 6.58 Å². The van der Waals surface area contributed by atoms with Crippen LogP contribution in [0.2, 0.25) is 0 Å². The molecule has 1 rings (SSSR count). The van der Waals surface area contributed by atoms with E-state index in [2.05, 4.69) is 11.6 Å². The maximum absolute atomic E-state index is 12.8. The highest BCUT2D eigenvalue weighted by atomic mass is 19.1. The Morgan fingerprint density at radius 3 is 3.00 bits per heavy atom. The van der Waals surface area contributed by atoms with Crippen LogP contribution in [-0.4, -0.2) is 40.6 Å². The summed E-state index contributed by atoms with van der Waals surface area (Å²) in [6.07, 6.45) is 2.78. The predicted octanol–water partition coefficient (Wildman–Crippen LogP) is 0.841. The molecule has 1 aromatic rings. The molecule has 1 N–H and O–H groups in total. The average Bonchev–Trinajstić information content (AvgIpc) is 2.28. The van der Waals surface area contributed by atoms with Crippen LogP contribution in [0.1, 0.15) is 10.4 Å². The third-order valence-corrected chi connectivity index (χ3v) is 1.98. The monoisotopic (exact) mass is 224 g/mol. The summed E-state index contributed by atoms with van der Waals surface area (Å²) in [6, 6.07) is 2.49. The largest absolute Gasteiger partial charge is 0.395 e. The zero-order valence-corrected chi connectivity index (χ0v) is 8.77. The van der Waals surface area contributed by atoms with Gasteiger partial charge in [0.2, 0.25) is 5.95 Å². The van der Waals surface area contributed by atoms with Crippen LogP contribution < -0.4 is 0 Å². The van der Waals surface area contributed by atoms with Gasteiger partial charge < -0.3 is 10.0 Å². The van der Waals surface area contributed by atoms with Crippen molar-refractivity contribution < 1.29 is 14.3 Å². The highest BCUT2D eigenvalue weighted by Gasteiger charge is 2.14. The highest BCUT2D eigenvalue weighted by Crippen LogP contribution is 2.05. The van der Waals surface area contributed by atoms with E-state index in [0.29, 0.717) is 6.54 Å². The molecular formula is C11H13FN2O2. The molecule has 0 saturated heterocycles. The van der Waals surface area contributed by atoms with Gasteiger partial charge in [-0.3, -0.25) is 4.79 Å². The Bertz CT molecular complexity index is 382. The molecule has 0 aromatic carbocycles. The fourth-order valence-corrected chi connectivity index (χ4v) is 1.27. The molecule has 4 nitrogen and oxygen atoms in total. The molecule has 0 radical (unpaired) electrons. The molecule has 1 heterocycles. The first-order valence-corrected chi connectivity index (χ1v) is 4.81. The van der Waals surface area contributed by atoms with Crippen molar-refractivity contribution in [1.29, 1.82) is 0 Å². The third kappa shape index (κ3) is 3.13. The molecule has 16 heavy (non-hydrogen) atoms. The quantitative estimate of drug-likeness (QED) is 0.595. The van der Waals surface area contributed by atoms with Crippen LogP contribution in [0.25, 0.3) is 0 Å². The first-order chi connectivity index (χ1) is 7.69. The van der Waals surface area contributed by atoms with E-state index in [1.54, 1.807) is 6.08 Å². The normalized spacial score (nSPS) is 9.88. The van der Waals surface area contributed by atoms with Crippen molar-refractivity contribution in [2.75, 3.05) is 19.7 Å². The summed E-state index contributed by atoms with van der Waals surface area (Å²) in [5, 5.41) is 8.80. The molecule has 0 fully saturated rings. The standard InChI is InChI=1S/C11H13FN2O2/c1-2-5-14(6-7-15)11(16)9-3-4-13-10(12)8-9/h2-4,8,15H,1,5-7H2. The van der Waals surface area contributed by atoms with Crippen molar-refractivity contribution in [2.24, 2.45) is 0 Å². The first kappa shape index (κ1) is 12.3. The number of hydrogen-bond acceptors (Lipinski definition) is 3. The van der Waals surface area contributed by atoms with Crippen LogP contribution >= 0.6 is 0 Å². The number of amides is 1. The van der Waals surface area contributed by atoms with Gasteiger partial charge in [-0.2, -0.15) is 4.39 Å². The maximum Gasteiger partial charge on any atom is 0.254 e. The molecule has 0 bridgehead atoms. The molecule has 0 unspecified atom stereocenters. The number of nitrogens with zero attached hydrogens (tertiary/aromatic N) is 2. The second-order valence-corrected chi connectivity index (χ2v) is 3.13. The topological polar surface area (TPSA) is 53.4 Å². The lowest BCUT2D eigenvalue weighted by Gasteiger charge is -2.19. The van der Waals surface area contributed by atoms with Crippen LogP contribution in [-0.2, 0) is 0 Å². The average molecular weight is 224 g/mol. The van der Waals surface area contributed by atoms with Crippen LogP contribution in [0.3, 0.4) is 0 Å². The van der Waals surface area contributed by atoms with E-state index in [1.165, 1.54) is 17.2 Å². The first-order valence-electron chi connectivity index (χ1n) is 4.81. The Morgan fingerprint density at radius 1 is 1.69 bits per heavy atom.